The lowest BCUT2D eigenvalue weighted by Gasteiger charge is -2.19. The molecule has 2 N–H and O–H groups in total. The second-order valence-electron chi connectivity index (χ2n) is 4.28. The quantitative estimate of drug-likeness (QED) is 0.745. The molecule has 0 unspecified atom stereocenters. The summed E-state index contributed by atoms with van der Waals surface area (Å²) in [6.07, 6.45) is 5.79. The third-order valence-electron chi connectivity index (χ3n) is 2.73. The molecule has 112 valence electrons. The highest BCUT2D eigenvalue weighted by atomic mass is 16.5. The van der Waals surface area contributed by atoms with E-state index in [4.69, 9.17) is 16.3 Å². The van der Waals surface area contributed by atoms with Gasteiger partial charge in [-0.05, 0) is 18.1 Å². The van der Waals surface area contributed by atoms with Crippen molar-refractivity contribution in [1.29, 1.82) is 0 Å². The molecule has 21 heavy (non-hydrogen) atoms. The number of nitrogens with zero attached hydrogens (tertiary/aromatic N) is 1. The van der Waals surface area contributed by atoms with Gasteiger partial charge in [0.2, 0.25) is 0 Å². The molecule has 6 nitrogen and oxygen atoms in total. The van der Waals surface area contributed by atoms with Crippen molar-refractivity contribution in [3.63, 3.8) is 0 Å². The zero-order valence-corrected chi connectivity index (χ0v) is 11.8. The van der Waals surface area contributed by atoms with Gasteiger partial charge in [-0.2, -0.15) is 0 Å². The molecular weight excluding hydrogens is 272 g/mol. The van der Waals surface area contributed by atoms with Crippen molar-refractivity contribution in [2.75, 3.05) is 32.1 Å². The number of benzene rings is 1. The van der Waals surface area contributed by atoms with Gasteiger partial charge in [-0.1, -0.05) is 24.1 Å². The molecule has 0 aliphatic carbocycles. The first kappa shape index (κ1) is 16.5. The Balaban J connectivity index is 2.80. The van der Waals surface area contributed by atoms with E-state index < -0.39 is 18.5 Å². The van der Waals surface area contributed by atoms with Crippen molar-refractivity contribution in [2.24, 2.45) is 0 Å². The number of carboxylic acids is 1. The number of ether oxygens (including phenoxy) is 1. The van der Waals surface area contributed by atoms with Crippen LogP contribution in [0.3, 0.4) is 0 Å². The highest BCUT2D eigenvalue weighted by molar-refractivity contribution is 5.92. The van der Waals surface area contributed by atoms with Crippen LogP contribution < -0.4 is 5.32 Å². The number of carboxylic acid groups (broad SMARTS) is 1. The van der Waals surface area contributed by atoms with Gasteiger partial charge in [-0.3, -0.25) is 4.79 Å². The van der Waals surface area contributed by atoms with Gasteiger partial charge in [-0.15, -0.1) is 6.42 Å². The number of carbonyl (C=O) groups is 2. The number of terminal acetylenes is 1. The molecule has 2 amide bonds. The molecule has 0 saturated heterocycles. The molecule has 0 aliphatic rings. The van der Waals surface area contributed by atoms with E-state index in [1.807, 2.05) is 12.1 Å². The topological polar surface area (TPSA) is 78.9 Å². The van der Waals surface area contributed by atoms with Gasteiger partial charge in [-0.25, -0.2) is 4.79 Å². The number of urea groups is 1. The van der Waals surface area contributed by atoms with Crippen LogP contribution in [0.4, 0.5) is 10.5 Å². The summed E-state index contributed by atoms with van der Waals surface area (Å²) in [5.41, 5.74) is 1.52. The Morgan fingerprint density at radius 3 is 2.76 bits per heavy atom. The summed E-state index contributed by atoms with van der Waals surface area (Å²) in [5, 5.41) is 11.5. The minimum Gasteiger partial charge on any atom is -0.480 e. The van der Waals surface area contributed by atoms with Crippen LogP contribution in [0.5, 0.6) is 0 Å². The highest BCUT2D eigenvalue weighted by Gasteiger charge is 2.16. The normalized spacial score (nSPS) is 9.71. The van der Waals surface area contributed by atoms with E-state index in [-0.39, 0.29) is 6.54 Å². The van der Waals surface area contributed by atoms with E-state index in [0.717, 1.165) is 10.5 Å². The molecule has 0 bridgehead atoms. The number of amides is 2. The summed E-state index contributed by atoms with van der Waals surface area (Å²) in [6.45, 7) is 0.00468. The Hall–Kier alpha value is -2.52. The number of hydrogen-bond donors (Lipinski definition) is 2. The van der Waals surface area contributed by atoms with Gasteiger partial charge >= 0.3 is 12.0 Å². The number of nitrogens with one attached hydrogen (secondary N) is 1. The molecule has 0 saturated carbocycles. The first-order valence-electron chi connectivity index (χ1n) is 6.36. The molecule has 0 radical (unpaired) electrons. The largest absolute Gasteiger partial charge is 0.480 e. The summed E-state index contributed by atoms with van der Waals surface area (Å²) in [5.74, 6) is 1.15. The standard InChI is InChI=1S/C15H18N2O4/c1-3-9-17(11-14(18)19)15(20)16-13-7-5-4-6-12(13)8-10-21-2/h1,4-7H,8-11H2,2H3,(H,16,20)(H,18,19). The van der Waals surface area contributed by atoms with Crippen LogP contribution in [-0.4, -0.2) is 48.8 Å². The molecule has 1 aromatic carbocycles. The van der Waals surface area contributed by atoms with Crippen LogP contribution in [0.15, 0.2) is 24.3 Å². The molecule has 0 aliphatic heterocycles. The number of carbonyl (C=O) groups excluding carboxylic acids is 1. The third kappa shape index (κ3) is 5.55. The Bertz CT molecular complexity index is 537. The molecule has 1 aromatic rings. The van der Waals surface area contributed by atoms with E-state index >= 15 is 0 Å². The van der Waals surface area contributed by atoms with Crippen LogP contribution in [0.25, 0.3) is 0 Å². The molecule has 0 fully saturated rings. The van der Waals surface area contributed by atoms with E-state index in [0.29, 0.717) is 18.7 Å². The molecule has 0 heterocycles. The van der Waals surface area contributed by atoms with Gasteiger partial charge in [0.15, 0.2) is 0 Å². The van der Waals surface area contributed by atoms with Gasteiger partial charge < -0.3 is 20.1 Å². The average Bonchev–Trinajstić information content (AvgIpc) is 2.45. The van der Waals surface area contributed by atoms with Crippen LogP contribution in [0.2, 0.25) is 0 Å². The first-order chi connectivity index (χ1) is 10.1. The van der Waals surface area contributed by atoms with E-state index in [1.54, 1.807) is 19.2 Å². The predicted octanol–water partition coefficient (Wildman–Crippen LogP) is 1.43. The highest BCUT2D eigenvalue weighted by Crippen LogP contribution is 2.16. The van der Waals surface area contributed by atoms with Crippen molar-refractivity contribution in [1.82, 2.24) is 4.90 Å². The number of rotatable bonds is 7. The summed E-state index contributed by atoms with van der Waals surface area (Å²) in [6, 6.07) is 6.72. The lowest BCUT2D eigenvalue weighted by molar-refractivity contribution is -0.137. The van der Waals surface area contributed by atoms with E-state index in [9.17, 15) is 9.59 Å². The minimum atomic E-state index is -1.12. The zero-order valence-electron chi connectivity index (χ0n) is 11.8. The smallest absolute Gasteiger partial charge is 0.323 e. The second-order valence-corrected chi connectivity index (χ2v) is 4.28. The molecule has 0 spiro atoms. The van der Waals surface area contributed by atoms with Crippen molar-refractivity contribution in [3.8, 4) is 12.3 Å². The summed E-state index contributed by atoms with van der Waals surface area (Å²) >= 11 is 0. The summed E-state index contributed by atoms with van der Waals surface area (Å²) in [4.78, 5) is 23.9. The Kier molecular flexibility index (Phi) is 6.78. The van der Waals surface area contributed by atoms with Gasteiger partial charge in [0.05, 0.1) is 13.2 Å². The predicted molar refractivity (Wildman–Crippen MR) is 79.1 cm³/mol. The number of methoxy groups -OCH3 is 1. The average molecular weight is 290 g/mol. The van der Waals surface area contributed by atoms with Crippen LogP contribution in [0.1, 0.15) is 5.56 Å². The van der Waals surface area contributed by atoms with Crippen LogP contribution in [0, 0.1) is 12.3 Å². The number of hydrogen-bond acceptors (Lipinski definition) is 3. The van der Waals surface area contributed by atoms with E-state index in [1.165, 1.54) is 0 Å². The minimum absolute atomic E-state index is 0.0711. The van der Waals surface area contributed by atoms with Gasteiger partial charge in [0.25, 0.3) is 0 Å². The van der Waals surface area contributed by atoms with Crippen molar-refractivity contribution in [3.05, 3.63) is 29.8 Å². The lowest BCUT2D eigenvalue weighted by Crippen LogP contribution is -2.39. The maximum absolute atomic E-state index is 12.1. The van der Waals surface area contributed by atoms with Crippen molar-refractivity contribution >= 4 is 17.7 Å². The Labute approximate surface area is 123 Å². The lowest BCUT2D eigenvalue weighted by atomic mass is 10.1. The number of aliphatic carboxylic acids is 1. The van der Waals surface area contributed by atoms with Gasteiger partial charge in [0.1, 0.15) is 6.54 Å². The second kappa shape index (κ2) is 8.61. The fraction of sp³-hybridized carbons (Fsp3) is 0.333. The Morgan fingerprint density at radius 2 is 2.14 bits per heavy atom. The summed E-state index contributed by atoms with van der Waals surface area (Å²) in [7, 11) is 1.60. The fourth-order valence-electron chi connectivity index (χ4n) is 1.74. The maximum Gasteiger partial charge on any atom is 0.323 e. The third-order valence-corrected chi connectivity index (χ3v) is 2.73. The first-order valence-corrected chi connectivity index (χ1v) is 6.36. The zero-order chi connectivity index (χ0) is 15.7. The number of para-hydroxylation sites is 1. The molecular formula is C15H18N2O4. The molecule has 1 rings (SSSR count). The van der Waals surface area contributed by atoms with Crippen LogP contribution >= 0.6 is 0 Å². The van der Waals surface area contributed by atoms with Crippen LogP contribution in [-0.2, 0) is 16.0 Å². The fourth-order valence-corrected chi connectivity index (χ4v) is 1.74. The van der Waals surface area contributed by atoms with Crippen molar-refractivity contribution in [2.45, 2.75) is 6.42 Å². The van der Waals surface area contributed by atoms with Crippen molar-refractivity contribution < 1.29 is 19.4 Å². The van der Waals surface area contributed by atoms with E-state index in [2.05, 4.69) is 11.2 Å². The SMILES string of the molecule is C#CCN(CC(=O)O)C(=O)Nc1ccccc1CCOC. The maximum atomic E-state index is 12.1. The summed E-state index contributed by atoms with van der Waals surface area (Å²) < 4.78 is 5.02. The molecule has 0 atom stereocenters. The number of anilines is 1. The Morgan fingerprint density at radius 1 is 1.43 bits per heavy atom. The molecule has 0 aromatic heterocycles. The van der Waals surface area contributed by atoms with Gasteiger partial charge in [0, 0.05) is 12.8 Å². The monoisotopic (exact) mass is 290 g/mol. The molecule has 6 heteroatoms.